The Hall–Kier alpha value is -0.620. The molecule has 0 aromatic heterocycles. The second-order valence-electron chi connectivity index (χ2n) is 2.81. The molecule has 0 spiro atoms. The monoisotopic (exact) mass is 274 g/mol. The van der Waals surface area contributed by atoms with Crippen LogP contribution in [0.5, 0.6) is 0 Å². The molecule has 100 valence electrons. The molecule has 0 heterocycles. The minimum absolute atomic E-state index is 0.152. The van der Waals surface area contributed by atoms with E-state index in [1.54, 1.807) is 0 Å². The lowest BCUT2D eigenvalue weighted by molar-refractivity contribution is -0.140. The molecule has 0 saturated heterocycles. The largest absolute Gasteiger partial charge is 0.475 e. The van der Waals surface area contributed by atoms with Gasteiger partial charge >= 0.3 is 14.0 Å². The van der Waals surface area contributed by atoms with Crippen molar-refractivity contribution >= 4 is 7.82 Å². The van der Waals surface area contributed by atoms with Gasteiger partial charge in [-0.05, 0) is 0 Å². The van der Waals surface area contributed by atoms with E-state index >= 15 is 0 Å². The van der Waals surface area contributed by atoms with E-state index in [0.717, 1.165) is 0 Å². The van der Waals surface area contributed by atoms with Crippen LogP contribution in [-0.2, 0) is 18.1 Å². The van der Waals surface area contributed by atoms with Gasteiger partial charge in [-0.15, -0.1) is 13.2 Å². The molecule has 0 amide bonds. The molecule has 0 aliphatic heterocycles. The van der Waals surface area contributed by atoms with Crippen molar-refractivity contribution in [2.45, 2.75) is 12.6 Å². The smallest absolute Gasteiger partial charge is 0.287 e. The average Bonchev–Trinajstić information content (AvgIpc) is 2.22. The predicted molar refractivity (Wildman–Crippen MR) is 56.5 cm³/mol. The van der Waals surface area contributed by atoms with Gasteiger partial charge in [0, 0.05) is 0 Å². The Kier molecular flexibility index (Phi) is 7.38. The van der Waals surface area contributed by atoms with Gasteiger partial charge in [0.15, 0.2) is 0 Å². The molecular weight excluding hydrogens is 260 g/mol. The highest BCUT2D eigenvalue weighted by atomic mass is 31.2. The molecule has 0 aliphatic carbocycles. The van der Waals surface area contributed by atoms with Gasteiger partial charge in [0.1, 0.15) is 0 Å². The predicted octanol–water partition coefficient (Wildman–Crippen LogP) is 3.47. The Morgan fingerprint density at radius 2 is 1.53 bits per heavy atom. The van der Waals surface area contributed by atoms with Crippen LogP contribution in [0.1, 0.15) is 6.42 Å². The van der Waals surface area contributed by atoms with Crippen molar-refractivity contribution in [1.82, 2.24) is 0 Å². The van der Waals surface area contributed by atoms with Crippen LogP contribution < -0.4 is 0 Å². The maximum absolute atomic E-state index is 11.9. The van der Waals surface area contributed by atoms with E-state index in [1.807, 2.05) is 0 Å². The standard InChI is InChI=1S/C9H14F3O4P/c1-3-6-14-17(13,15-7-4-2)16-8-5-9(10,11)12/h3-4H,1-2,5-8H2. The van der Waals surface area contributed by atoms with Crippen LogP contribution >= 0.6 is 7.82 Å². The molecular formula is C9H14F3O4P. The lowest BCUT2D eigenvalue weighted by Crippen LogP contribution is -2.12. The Bertz CT molecular complexity index is 274. The Balaban J connectivity index is 4.22. The third kappa shape index (κ3) is 9.12. The van der Waals surface area contributed by atoms with Gasteiger partial charge in [0.25, 0.3) is 0 Å². The first-order valence-corrected chi connectivity index (χ1v) is 6.11. The fraction of sp³-hybridized carbons (Fsp3) is 0.556. The summed E-state index contributed by atoms with van der Waals surface area (Å²) in [6, 6.07) is 0. The number of hydrogen-bond acceptors (Lipinski definition) is 4. The van der Waals surface area contributed by atoms with Crippen molar-refractivity contribution < 1.29 is 31.3 Å². The van der Waals surface area contributed by atoms with Crippen LogP contribution in [0.3, 0.4) is 0 Å². The van der Waals surface area contributed by atoms with Gasteiger partial charge in [0.2, 0.25) is 0 Å². The number of phosphoric ester groups is 1. The van der Waals surface area contributed by atoms with Crippen LogP contribution in [-0.4, -0.2) is 26.0 Å². The molecule has 0 aliphatic rings. The zero-order valence-electron chi connectivity index (χ0n) is 9.11. The number of halogens is 3. The highest BCUT2D eigenvalue weighted by molar-refractivity contribution is 7.48. The molecule has 0 rings (SSSR count). The summed E-state index contributed by atoms with van der Waals surface area (Å²) < 4.78 is 61.1. The maximum Gasteiger partial charge on any atom is 0.475 e. The minimum Gasteiger partial charge on any atom is -0.287 e. The quantitative estimate of drug-likeness (QED) is 0.477. The van der Waals surface area contributed by atoms with Crippen LogP contribution in [0.4, 0.5) is 13.2 Å². The van der Waals surface area contributed by atoms with E-state index in [2.05, 4.69) is 26.7 Å². The first-order chi connectivity index (χ1) is 7.83. The Morgan fingerprint density at radius 3 is 1.88 bits per heavy atom. The fourth-order valence-electron chi connectivity index (χ4n) is 0.673. The number of phosphoric acid groups is 1. The summed E-state index contributed by atoms with van der Waals surface area (Å²) in [5.74, 6) is 0. The van der Waals surface area contributed by atoms with E-state index < -0.39 is 27.0 Å². The fourth-order valence-corrected chi connectivity index (χ4v) is 1.79. The van der Waals surface area contributed by atoms with Crippen LogP contribution in [0.25, 0.3) is 0 Å². The molecule has 0 aromatic carbocycles. The zero-order chi connectivity index (χ0) is 13.4. The van der Waals surface area contributed by atoms with Gasteiger partial charge in [-0.1, -0.05) is 12.2 Å². The molecule has 0 bridgehead atoms. The van der Waals surface area contributed by atoms with Crippen molar-refractivity contribution in [3.05, 3.63) is 25.3 Å². The zero-order valence-corrected chi connectivity index (χ0v) is 10.0. The van der Waals surface area contributed by atoms with Crippen molar-refractivity contribution in [3.8, 4) is 0 Å². The second kappa shape index (κ2) is 7.66. The van der Waals surface area contributed by atoms with Crippen molar-refractivity contribution in [3.63, 3.8) is 0 Å². The third-order valence-corrected chi connectivity index (χ3v) is 2.77. The van der Waals surface area contributed by atoms with Crippen molar-refractivity contribution in [1.29, 1.82) is 0 Å². The third-order valence-electron chi connectivity index (χ3n) is 1.34. The molecule has 4 nitrogen and oxygen atoms in total. The lowest BCUT2D eigenvalue weighted by atomic mass is 10.5. The Labute approximate surface area is 97.7 Å². The van der Waals surface area contributed by atoms with Gasteiger partial charge in [-0.25, -0.2) is 4.57 Å². The highest BCUT2D eigenvalue weighted by Crippen LogP contribution is 2.49. The molecule has 17 heavy (non-hydrogen) atoms. The van der Waals surface area contributed by atoms with Gasteiger partial charge in [-0.2, -0.15) is 13.2 Å². The normalized spacial score (nSPS) is 12.4. The minimum atomic E-state index is -4.39. The molecule has 0 radical (unpaired) electrons. The summed E-state index contributed by atoms with van der Waals surface area (Å²) in [6.07, 6.45) is -3.07. The number of hydrogen-bond donors (Lipinski definition) is 0. The van der Waals surface area contributed by atoms with Crippen LogP contribution in [0.15, 0.2) is 25.3 Å². The average molecular weight is 274 g/mol. The van der Waals surface area contributed by atoms with Crippen LogP contribution in [0, 0.1) is 0 Å². The van der Waals surface area contributed by atoms with Crippen LogP contribution in [0.2, 0.25) is 0 Å². The summed E-state index contributed by atoms with van der Waals surface area (Å²) in [7, 11) is -3.98. The van der Waals surface area contributed by atoms with E-state index in [-0.39, 0.29) is 13.2 Å². The first kappa shape index (κ1) is 16.4. The summed E-state index contributed by atoms with van der Waals surface area (Å²) in [4.78, 5) is 0. The van der Waals surface area contributed by atoms with E-state index in [4.69, 9.17) is 0 Å². The summed E-state index contributed by atoms with van der Waals surface area (Å²) in [5.41, 5.74) is 0. The molecule has 0 aromatic rings. The van der Waals surface area contributed by atoms with Gasteiger partial charge in [0.05, 0.1) is 26.2 Å². The van der Waals surface area contributed by atoms with Gasteiger partial charge < -0.3 is 0 Å². The second-order valence-corrected chi connectivity index (χ2v) is 4.48. The molecule has 0 N–H and O–H groups in total. The van der Waals surface area contributed by atoms with E-state index in [1.165, 1.54) is 12.2 Å². The topological polar surface area (TPSA) is 44.8 Å². The number of alkyl halides is 3. The van der Waals surface area contributed by atoms with E-state index in [0.29, 0.717) is 0 Å². The highest BCUT2D eigenvalue weighted by Gasteiger charge is 2.31. The SMILES string of the molecule is C=CCOP(=O)(OCC=C)OCCC(F)(F)F. The Morgan fingerprint density at radius 1 is 1.06 bits per heavy atom. The first-order valence-electron chi connectivity index (χ1n) is 4.65. The molecule has 0 unspecified atom stereocenters. The maximum atomic E-state index is 11.9. The molecule has 8 heteroatoms. The van der Waals surface area contributed by atoms with Crippen molar-refractivity contribution in [2.75, 3.05) is 19.8 Å². The molecule has 0 atom stereocenters. The molecule has 0 saturated carbocycles. The molecule has 0 fully saturated rings. The van der Waals surface area contributed by atoms with Gasteiger partial charge in [-0.3, -0.25) is 13.6 Å². The number of rotatable bonds is 9. The summed E-state index contributed by atoms with van der Waals surface area (Å²) in [5, 5.41) is 0. The lowest BCUT2D eigenvalue weighted by Gasteiger charge is -2.16. The summed E-state index contributed by atoms with van der Waals surface area (Å²) in [6.45, 7) is 5.51. The van der Waals surface area contributed by atoms with E-state index in [9.17, 15) is 17.7 Å². The van der Waals surface area contributed by atoms with Crippen molar-refractivity contribution in [2.24, 2.45) is 0 Å². The summed E-state index contributed by atoms with van der Waals surface area (Å²) >= 11 is 0.